The Labute approximate surface area is 396 Å². The third-order valence-corrected chi connectivity index (χ3v) is 14.2. The number of likely N-dealkylation sites (tertiary alicyclic amines) is 1. The van der Waals surface area contributed by atoms with Crippen molar-refractivity contribution >= 4 is 52.0 Å². The number of rotatable bonds is 10. The van der Waals surface area contributed by atoms with E-state index in [0.29, 0.717) is 43.2 Å². The number of carbonyl (C=O) groups is 5. The maximum absolute atomic E-state index is 14.7. The maximum Gasteiger partial charge on any atom is 0.355 e. The van der Waals surface area contributed by atoms with Crippen molar-refractivity contribution in [3.8, 4) is 22.5 Å². The molecule has 5 atom stereocenters. The number of hydrogen-bond donors (Lipinski definition) is 3. The Kier molecular flexibility index (Phi) is 14.6. The van der Waals surface area contributed by atoms with Crippen LogP contribution < -0.4 is 10.7 Å². The molecule has 3 aliphatic rings. The van der Waals surface area contributed by atoms with Crippen LogP contribution in [-0.4, -0.2) is 140 Å². The van der Waals surface area contributed by atoms with Crippen molar-refractivity contribution in [1.82, 2.24) is 45.0 Å². The van der Waals surface area contributed by atoms with Crippen LogP contribution in [0.2, 0.25) is 0 Å². The topological polar surface area (TPSA) is 192 Å². The number of methoxy groups -OCH3 is 1. The summed E-state index contributed by atoms with van der Waals surface area (Å²) in [5.41, 5.74) is 6.20. The molecule has 0 aliphatic carbocycles. The normalized spacial score (nSPS) is 22.0. The smallest absolute Gasteiger partial charge is 0.355 e. The van der Waals surface area contributed by atoms with Gasteiger partial charge in [0.25, 0.3) is 5.91 Å². The van der Waals surface area contributed by atoms with Gasteiger partial charge in [0.2, 0.25) is 17.5 Å². The van der Waals surface area contributed by atoms with Gasteiger partial charge in [-0.25, -0.2) is 14.6 Å². The number of pyridine rings is 1. The van der Waals surface area contributed by atoms with E-state index < -0.39 is 41.0 Å². The van der Waals surface area contributed by atoms with Gasteiger partial charge in [-0.15, -0.1) is 11.3 Å². The third-order valence-electron chi connectivity index (χ3n) is 13.4. The zero-order valence-electron chi connectivity index (χ0n) is 40.1. The zero-order valence-corrected chi connectivity index (χ0v) is 40.9. The molecule has 18 heteroatoms. The first-order chi connectivity index (χ1) is 31.8. The molecule has 360 valence electrons. The van der Waals surface area contributed by atoms with E-state index in [9.17, 15) is 29.1 Å². The molecule has 0 saturated carbocycles. The minimum atomic E-state index is -2.23. The molecular formula is C49H65N9O8S. The van der Waals surface area contributed by atoms with Crippen molar-refractivity contribution in [3.63, 3.8) is 0 Å². The summed E-state index contributed by atoms with van der Waals surface area (Å²) in [7, 11) is 4.90. The molecular weight excluding hydrogens is 875 g/mol. The van der Waals surface area contributed by atoms with Crippen LogP contribution in [0.3, 0.4) is 0 Å². The number of likely N-dealkylation sites (N-methyl/N-ethyl adjacent to an activating group) is 2. The van der Waals surface area contributed by atoms with Crippen LogP contribution >= 0.6 is 11.3 Å². The summed E-state index contributed by atoms with van der Waals surface area (Å²) in [6.07, 6.45) is 4.00. The van der Waals surface area contributed by atoms with E-state index in [1.165, 1.54) is 27.3 Å². The first-order valence-corrected chi connectivity index (χ1v) is 24.0. The number of ether oxygens (including phenoxy) is 2. The number of carbonyl (C=O) groups excluding carboxylic acids is 5. The molecule has 5 amide bonds. The van der Waals surface area contributed by atoms with Crippen molar-refractivity contribution in [3.05, 3.63) is 70.8 Å². The highest BCUT2D eigenvalue weighted by atomic mass is 32.1. The largest absolute Gasteiger partial charge is 0.462 e. The van der Waals surface area contributed by atoms with Crippen molar-refractivity contribution < 1.29 is 38.6 Å². The van der Waals surface area contributed by atoms with Crippen LogP contribution in [0.25, 0.3) is 33.4 Å². The number of esters is 1. The van der Waals surface area contributed by atoms with Gasteiger partial charge in [-0.2, -0.15) is 5.43 Å². The number of urea groups is 1. The summed E-state index contributed by atoms with van der Waals surface area (Å²) < 4.78 is 14.0. The molecule has 17 nitrogen and oxygen atoms in total. The molecule has 2 saturated heterocycles. The Balaban J connectivity index is 1.27. The SMILES string of the molecule is C=CC(=O)N(C)[C@@H]1CCN(C(=O)N(C)[C@H](C(=O)N[C@H]2Cc3nc(cs3)-c3ccc4c(c3)c(c(-c3cccnc3[C@H](C)OC)n4CC)CC(C)(C)COC(=O)[C@@]3(O)CCCN(N3)C2=O)C(C)C)C1. The van der Waals surface area contributed by atoms with Crippen LogP contribution in [0.15, 0.2) is 54.6 Å². The molecule has 2 fully saturated rings. The predicted molar refractivity (Wildman–Crippen MR) is 255 cm³/mol. The van der Waals surface area contributed by atoms with Gasteiger partial charge in [-0.3, -0.25) is 24.4 Å². The van der Waals surface area contributed by atoms with Crippen molar-refractivity contribution in [1.29, 1.82) is 0 Å². The molecule has 0 radical (unpaired) electrons. The zero-order chi connectivity index (χ0) is 48.5. The minimum absolute atomic E-state index is 0.0154. The Bertz CT molecular complexity index is 2540. The number of amides is 5. The number of aryl methyl sites for hydroxylation is 1. The number of benzene rings is 1. The van der Waals surface area contributed by atoms with Crippen LogP contribution in [0.5, 0.6) is 0 Å². The highest BCUT2D eigenvalue weighted by Crippen LogP contribution is 2.42. The lowest BCUT2D eigenvalue weighted by Gasteiger charge is -2.40. The summed E-state index contributed by atoms with van der Waals surface area (Å²) in [5.74, 6) is -2.68. The molecule has 4 aromatic rings. The van der Waals surface area contributed by atoms with Crippen LogP contribution in [0.4, 0.5) is 4.79 Å². The third kappa shape index (κ3) is 9.98. The summed E-state index contributed by atoms with van der Waals surface area (Å²) in [6, 6.07) is 7.45. The standard InChI is InChI=1S/C49H65N9O8S/c1-11-40(59)54(8)32-18-22-56(26-32)47(63)55(9)42(29(3)4)44(60)52-36-24-39-51-37(27-67-39)31-16-17-38-34(23-31)35(43(57(38)12-2)33-15-13-20-50-41(33)30(5)65-10)25-48(6,7)28-66-46(62)49(64)19-14-21-58(53-49)45(36)61/h11,13,15-17,20,23,27,29-30,32,36,42,53,64H,1,12,14,18-19,21-22,24-26,28H2,2-10H3,(H,52,60)/t30-,32+,36-,42-,49-/m0/s1. The lowest BCUT2D eigenvalue weighted by atomic mass is 9.84. The number of nitrogens with zero attached hydrogens (tertiary/aromatic N) is 7. The van der Waals surface area contributed by atoms with Crippen molar-refractivity contribution in [2.24, 2.45) is 11.3 Å². The average Bonchev–Trinajstić information content (AvgIpc) is 4.07. The second-order valence-corrected chi connectivity index (χ2v) is 20.1. The number of hydrogen-bond acceptors (Lipinski definition) is 12. The summed E-state index contributed by atoms with van der Waals surface area (Å²) >= 11 is 1.35. The number of fused-ring (bicyclic) bond motifs is 6. The fraction of sp³-hybridized carbons (Fsp3) is 0.531. The van der Waals surface area contributed by atoms with E-state index in [4.69, 9.17) is 19.4 Å². The van der Waals surface area contributed by atoms with Crippen molar-refractivity contribution in [2.75, 3.05) is 47.4 Å². The van der Waals surface area contributed by atoms with Gasteiger partial charge in [-0.05, 0) is 74.9 Å². The first-order valence-electron chi connectivity index (χ1n) is 23.1. The minimum Gasteiger partial charge on any atom is -0.462 e. The van der Waals surface area contributed by atoms with Crippen LogP contribution in [0, 0.1) is 11.3 Å². The average molecular weight is 940 g/mol. The quantitative estimate of drug-likeness (QED) is 0.138. The van der Waals surface area contributed by atoms with Gasteiger partial charge >= 0.3 is 12.0 Å². The van der Waals surface area contributed by atoms with E-state index in [-0.39, 0.29) is 62.4 Å². The van der Waals surface area contributed by atoms with E-state index in [2.05, 4.69) is 47.0 Å². The molecule has 0 unspecified atom stereocenters. The molecule has 6 bridgehead atoms. The van der Waals surface area contributed by atoms with Crippen LogP contribution in [-0.2, 0) is 48.0 Å². The van der Waals surface area contributed by atoms with Gasteiger partial charge in [0.1, 0.15) is 12.1 Å². The second kappa shape index (κ2) is 19.9. The second-order valence-electron chi connectivity index (χ2n) is 19.1. The van der Waals surface area contributed by atoms with Gasteiger partial charge in [0.05, 0.1) is 40.8 Å². The predicted octanol–water partition coefficient (Wildman–Crippen LogP) is 5.32. The highest BCUT2D eigenvalue weighted by molar-refractivity contribution is 7.10. The monoisotopic (exact) mass is 939 g/mol. The fourth-order valence-electron chi connectivity index (χ4n) is 9.68. The molecule has 67 heavy (non-hydrogen) atoms. The molecule has 1 aromatic carbocycles. The number of aliphatic hydroxyl groups is 1. The van der Waals surface area contributed by atoms with Gasteiger partial charge in [0, 0.05) is 99.2 Å². The van der Waals surface area contributed by atoms with Gasteiger partial charge < -0.3 is 39.2 Å². The Morgan fingerprint density at radius 2 is 1.93 bits per heavy atom. The summed E-state index contributed by atoms with van der Waals surface area (Å²) in [6.45, 7) is 16.8. The number of hydrazine groups is 1. The lowest BCUT2D eigenvalue weighted by molar-refractivity contribution is -0.189. The Morgan fingerprint density at radius 3 is 2.63 bits per heavy atom. The Morgan fingerprint density at radius 1 is 1.16 bits per heavy atom. The van der Waals surface area contributed by atoms with Crippen molar-refractivity contribution in [2.45, 2.75) is 110 Å². The lowest BCUT2D eigenvalue weighted by Crippen LogP contribution is -2.67. The summed E-state index contributed by atoms with van der Waals surface area (Å²) in [5, 5.41) is 19.5. The first kappa shape index (κ1) is 49.2. The Hall–Kier alpha value is -5.69. The van der Waals surface area contributed by atoms with Gasteiger partial charge in [0.15, 0.2) is 0 Å². The molecule has 7 rings (SSSR count). The van der Waals surface area contributed by atoms with Crippen LogP contribution in [0.1, 0.15) is 83.2 Å². The van der Waals surface area contributed by atoms with E-state index in [1.807, 2.05) is 52.1 Å². The van der Waals surface area contributed by atoms with Gasteiger partial charge in [-0.1, -0.05) is 40.3 Å². The maximum atomic E-state index is 14.7. The number of thiazole rings is 1. The fourth-order valence-corrected chi connectivity index (χ4v) is 10.5. The number of nitrogens with one attached hydrogen (secondary N) is 2. The summed E-state index contributed by atoms with van der Waals surface area (Å²) in [4.78, 5) is 83.8. The van der Waals surface area contributed by atoms with E-state index >= 15 is 0 Å². The number of cyclic esters (lactones) is 1. The van der Waals surface area contributed by atoms with E-state index in [1.54, 1.807) is 37.2 Å². The number of aromatic nitrogens is 3. The molecule has 0 spiro atoms. The molecule has 3 aromatic heterocycles. The molecule has 6 heterocycles. The highest BCUT2D eigenvalue weighted by Gasteiger charge is 2.46. The molecule has 3 N–H and O–H groups in total. The van der Waals surface area contributed by atoms with E-state index in [0.717, 1.165) is 39.0 Å². The molecule has 3 aliphatic heterocycles.